The summed E-state index contributed by atoms with van der Waals surface area (Å²) < 4.78 is 7.35. The maximum absolute atomic E-state index is 13.1. The first-order valence-electron chi connectivity index (χ1n) is 8.68. The van der Waals surface area contributed by atoms with Gasteiger partial charge in [0.15, 0.2) is 5.69 Å². The van der Waals surface area contributed by atoms with E-state index in [1.54, 1.807) is 23.4 Å². The molecular formula is C19H20ClN3O3. The van der Waals surface area contributed by atoms with Gasteiger partial charge in [0.1, 0.15) is 11.9 Å². The minimum atomic E-state index is -0.620. The van der Waals surface area contributed by atoms with Gasteiger partial charge in [-0.25, -0.2) is 9.78 Å². The Kier molecular flexibility index (Phi) is 3.84. The zero-order chi connectivity index (χ0) is 18.6. The van der Waals surface area contributed by atoms with Crippen molar-refractivity contribution in [1.82, 2.24) is 14.5 Å². The van der Waals surface area contributed by atoms with E-state index < -0.39 is 11.6 Å². The number of carbonyl (C=O) groups excluding carboxylic acids is 2. The lowest BCUT2D eigenvalue weighted by Crippen LogP contribution is -2.31. The van der Waals surface area contributed by atoms with Crippen molar-refractivity contribution >= 4 is 23.5 Å². The van der Waals surface area contributed by atoms with Gasteiger partial charge < -0.3 is 9.64 Å². The maximum Gasteiger partial charge on any atom is 0.359 e. The van der Waals surface area contributed by atoms with E-state index in [1.165, 1.54) is 0 Å². The average molecular weight is 374 g/mol. The molecule has 7 heteroatoms. The number of benzene rings is 1. The standard InChI is InChI=1S/C19H20ClN3O3/c1-19(2,3)26-18(25)15-16-13-8-5-9-22(13)17(24)14-11(20)6-4-7-12(14)23(16)10-21-15/h4,6-7,10,13H,5,8-9H2,1-3H3/t13-/m0/s1. The van der Waals surface area contributed by atoms with E-state index in [9.17, 15) is 9.59 Å². The van der Waals surface area contributed by atoms with Gasteiger partial charge in [-0.05, 0) is 45.7 Å². The number of rotatable bonds is 1. The van der Waals surface area contributed by atoms with E-state index in [0.29, 0.717) is 28.5 Å². The molecule has 0 N–H and O–H groups in total. The normalized spacial score (nSPS) is 18.8. The van der Waals surface area contributed by atoms with Gasteiger partial charge in [0.05, 0.1) is 28.0 Å². The van der Waals surface area contributed by atoms with Gasteiger partial charge in [0.25, 0.3) is 5.91 Å². The number of esters is 1. The summed E-state index contributed by atoms with van der Waals surface area (Å²) in [6, 6.07) is 5.11. The summed E-state index contributed by atoms with van der Waals surface area (Å²) in [5.74, 6) is -0.581. The molecule has 0 unspecified atom stereocenters. The van der Waals surface area contributed by atoms with E-state index >= 15 is 0 Å². The number of hydrogen-bond acceptors (Lipinski definition) is 4. The second kappa shape index (κ2) is 5.84. The molecule has 1 aromatic heterocycles. The van der Waals surface area contributed by atoms with Crippen LogP contribution in [0.4, 0.5) is 0 Å². The van der Waals surface area contributed by atoms with E-state index in [4.69, 9.17) is 16.3 Å². The Morgan fingerprint density at radius 3 is 2.85 bits per heavy atom. The van der Waals surface area contributed by atoms with Gasteiger partial charge in [-0.2, -0.15) is 0 Å². The summed E-state index contributed by atoms with van der Waals surface area (Å²) in [6.45, 7) is 6.09. The monoisotopic (exact) mass is 373 g/mol. The summed E-state index contributed by atoms with van der Waals surface area (Å²) in [4.78, 5) is 32.0. The predicted molar refractivity (Wildman–Crippen MR) is 96.8 cm³/mol. The molecule has 1 atom stereocenters. The number of ether oxygens (including phenoxy) is 1. The van der Waals surface area contributed by atoms with E-state index in [2.05, 4.69) is 4.98 Å². The first-order valence-corrected chi connectivity index (χ1v) is 9.06. The zero-order valence-corrected chi connectivity index (χ0v) is 15.7. The van der Waals surface area contributed by atoms with E-state index in [0.717, 1.165) is 12.8 Å². The second-order valence-corrected chi connectivity index (χ2v) is 8.05. The lowest BCUT2D eigenvalue weighted by atomic mass is 10.1. The van der Waals surface area contributed by atoms with Crippen molar-refractivity contribution < 1.29 is 14.3 Å². The van der Waals surface area contributed by atoms with Crippen molar-refractivity contribution in [1.29, 1.82) is 0 Å². The molecule has 0 bridgehead atoms. The number of halogens is 1. The molecule has 2 aliphatic rings. The number of nitrogens with zero attached hydrogens (tertiary/aromatic N) is 3. The Labute approximate surface area is 156 Å². The molecule has 2 aromatic rings. The van der Waals surface area contributed by atoms with Crippen LogP contribution in [0.3, 0.4) is 0 Å². The minimum absolute atomic E-state index is 0.105. The van der Waals surface area contributed by atoms with Crippen molar-refractivity contribution in [3.8, 4) is 5.69 Å². The number of fused-ring (bicyclic) bond motifs is 5. The van der Waals surface area contributed by atoms with Crippen LogP contribution in [0.2, 0.25) is 5.02 Å². The SMILES string of the molecule is CC(C)(C)OC(=O)c1ncn2c1[C@@H]1CCCN1C(=O)c1c(Cl)cccc1-2. The summed E-state index contributed by atoms with van der Waals surface area (Å²) in [6.07, 6.45) is 3.23. The van der Waals surface area contributed by atoms with Crippen molar-refractivity contribution in [2.45, 2.75) is 45.3 Å². The topological polar surface area (TPSA) is 64.4 Å². The molecule has 3 heterocycles. The number of carbonyl (C=O) groups is 2. The molecule has 1 aromatic carbocycles. The molecule has 26 heavy (non-hydrogen) atoms. The number of imidazole rings is 1. The molecule has 0 aliphatic carbocycles. The third-order valence-corrected chi connectivity index (χ3v) is 5.01. The molecule has 4 rings (SSSR count). The first kappa shape index (κ1) is 17.1. The molecular weight excluding hydrogens is 354 g/mol. The van der Waals surface area contributed by atoms with Crippen LogP contribution in [0, 0.1) is 0 Å². The molecule has 0 spiro atoms. The van der Waals surface area contributed by atoms with Crippen LogP contribution in [0.5, 0.6) is 0 Å². The average Bonchev–Trinajstić information content (AvgIpc) is 3.17. The molecule has 1 amide bonds. The summed E-state index contributed by atoms with van der Waals surface area (Å²) in [5.41, 5.74) is 1.44. The third kappa shape index (κ3) is 2.60. The zero-order valence-electron chi connectivity index (χ0n) is 15.0. The van der Waals surface area contributed by atoms with Gasteiger partial charge in [-0.15, -0.1) is 0 Å². The second-order valence-electron chi connectivity index (χ2n) is 7.64. The Hall–Kier alpha value is -2.34. The van der Waals surface area contributed by atoms with Crippen molar-refractivity contribution in [3.63, 3.8) is 0 Å². The van der Waals surface area contributed by atoms with Crippen LogP contribution in [-0.4, -0.2) is 38.5 Å². The molecule has 0 radical (unpaired) electrons. The summed E-state index contributed by atoms with van der Waals surface area (Å²) in [5, 5.41) is 0.401. The largest absolute Gasteiger partial charge is 0.455 e. The lowest BCUT2D eigenvalue weighted by molar-refractivity contribution is 0.00596. The molecule has 1 fully saturated rings. The number of hydrogen-bond donors (Lipinski definition) is 0. The van der Waals surface area contributed by atoms with Gasteiger partial charge in [-0.1, -0.05) is 17.7 Å². The minimum Gasteiger partial charge on any atom is -0.455 e. The summed E-state index contributed by atoms with van der Waals surface area (Å²) in [7, 11) is 0. The molecule has 0 saturated carbocycles. The lowest BCUT2D eigenvalue weighted by Gasteiger charge is -2.24. The van der Waals surface area contributed by atoms with Gasteiger partial charge >= 0.3 is 5.97 Å². The van der Waals surface area contributed by atoms with Gasteiger partial charge in [0, 0.05) is 6.54 Å². The fourth-order valence-corrected chi connectivity index (χ4v) is 3.97. The molecule has 2 aliphatic heterocycles. The van der Waals surface area contributed by atoms with E-state index in [-0.39, 0.29) is 17.6 Å². The predicted octanol–water partition coefficient (Wildman–Crippen LogP) is 3.77. The van der Waals surface area contributed by atoms with Crippen LogP contribution in [0.25, 0.3) is 5.69 Å². The molecule has 136 valence electrons. The van der Waals surface area contributed by atoms with Crippen molar-refractivity contribution in [2.75, 3.05) is 6.54 Å². The van der Waals surface area contributed by atoms with Crippen molar-refractivity contribution in [2.24, 2.45) is 0 Å². The summed E-state index contributed by atoms with van der Waals surface area (Å²) >= 11 is 6.35. The quantitative estimate of drug-likeness (QED) is 0.714. The first-order chi connectivity index (χ1) is 12.3. The highest BCUT2D eigenvalue weighted by molar-refractivity contribution is 6.34. The molecule has 6 nitrogen and oxygen atoms in total. The Bertz CT molecular complexity index is 913. The number of amides is 1. The van der Waals surface area contributed by atoms with Gasteiger partial charge in [-0.3, -0.25) is 9.36 Å². The highest BCUT2D eigenvalue weighted by Gasteiger charge is 2.41. The fraction of sp³-hybridized carbons (Fsp3) is 0.421. The highest BCUT2D eigenvalue weighted by Crippen LogP contribution is 2.41. The highest BCUT2D eigenvalue weighted by atomic mass is 35.5. The Morgan fingerprint density at radius 2 is 2.12 bits per heavy atom. The third-order valence-electron chi connectivity index (χ3n) is 4.69. The van der Waals surface area contributed by atoms with Crippen LogP contribution in [0.1, 0.15) is 66.2 Å². The van der Waals surface area contributed by atoms with Crippen LogP contribution >= 0.6 is 11.6 Å². The van der Waals surface area contributed by atoms with Crippen LogP contribution < -0.4 is 0 Å². The maximum atomic E-state index is 13.1. The van der Waals surface area contributed by atoms with Crippen LogP contribution in [-0.2, 0) is 4.74 Å². The van der Waals surface area contributed by atoms with Crippen LogP contribution in [0.15, 0.2) is 24.5 Å². The van der Waals surface area contributed by atoms with Gasteiger partial charge in [0.2, 0.25) is 0 Å². The number of aromatic nitrogens is 2. The Balaban J connectivity index is 1.93. The fourth-order valence-electron chi connectivity index (χ4n) is 3.71. The smallest absolute Gasteiger partial charge is 0.359 e. The van der Waals surface area contributed by atoms with E-state index in [1.807, 2.05) is 31.4 Å². The van der Waals surface area contributed by atoms with Crippen molar-refractivity contribution in [3.05, 3.63) is 46.5 Å². The Morgan fingerprint density at radius 1 is 1.35 bits per heavy atom. The molecule has 1 saturated heterocycles.